The minimum atomic E-state index is -0.486. The predicted octanol–water partition coefficient (Wildman–Crippen LogP) is 4.77. The van der Waals surface area contributed by atoms with E-state index in [1.807, 2.05) is 13.8 Å². The monoisotopic (exact) mass is 261 g/mol. The molecule has 0 atom stereocenters. The quantitative estimate of drug-likeness (QED) is 0.759. The molecule has 0 spiro atoms. The highest BCUT2D eigenvalue weighted by Gasteiger charge is 2.19. The van der Waals surface area contributed by atoms with Crippen molar-refractivity contribution in [1.82, 2.24) is 4.98 Å². The molecule has 1 heterocycles. The summed E-state index contributed by atoms with van der Waals surface area (Å²) in [7, 11) is 0. The number of rotatable bonds is 2. The summed E-state index contributed by atoms with van der Waals surface area (Å²) < 4.78 is 28.3. The zero-order chi connectivity index (χ0) is 14.2. The van der Waals surface area contributed by atoms with Gasteiger partial charge in [0, 0.05) is 23.5 Å². The van der Waals surface area contributed by atoms with Gasteiger partial charge in [0.1, 0.15) is 11.6 Å². The Morgan fingerprint density at radius 2 is 1.58 bits per heavy atom. The maximum atomic E-state index is 14.6. The largest absolute Gasteiger partial charge is 0.264 e. The van der Waals surface area contributed by atoms with Crippen LogP contribution in [0.4, 0.5) is 8.78 Å². The second-order valence-electron chi connectivity index (χ2n) is 5.13. The summed E-state index contributed by atoms with van der Waals surface area (Å²) in [5.74, 6) is -1.14. The molecule has 0 fully saturated rings. The van der Waals surface area contributed by atoms with Crippen molar-refractivity contribution in [2.45, 2.75) is 33.6 Å². The summed E-state index contributed by atoms with van der Waals surface area (Å²) in [6, 6.07) is 2.85. The van der Waals surface area contributed by atoms with E-state index in [0.717, 1.165) is 16.7 Å². The average molecular weight is 261 g/mol. The Balaban J connectivity index is 2.74. The van der Waals surface area contributed by atoms with E-state index >= 15 is 0 Å². The van der Waals surface area contributed by atoms with Crippen molar-refractivity contribution < 1.29 is 8.78 Å². The van der Waals surface area contributed by atoms with E-state index in [-0.39, 0.29) is 11.5 Å². The number of aromatic nitrogens is 1. The molecule has 2 rings (SSSR count). The van der Waals surface area contributed by atoms with Crippen molar-refractivity contribution in [2.24, 2.45) is 0 Å². The van der Waals surface area contributed by atoms with Crippen LogP contribution in [0.1, 0.15) is 36.5 Å². The van der Waals surface area contributed by atoms with Crippen LogP contribution in [0.25, 0.3) is 11.1 Å². The lowest BCUT2D eigenvalue weighted by Crippen LogP contribution is -2.02. The molecule has 1 nitrogen and oxygen atoms in total. The highest BCUT2D eigenvalue weighted by molar-refractivity contribution is 5.71. The molecule has 0 N–H and O–H groups in total. The Labute approximate surface area is 112 Å². The number of halogens is 2. The van der Waals surface area contributed by atoms with E-state index in [4.69, 9.17) is 0 Å². The molecule has 0 unspecified atom stereocenters. The molecule has 19 heavy (non-hydrogen) atoms. The van der Waals surface area contributed by atoms with Gasteiger partial charge in [-0.05, 0) is 48.6 Å². The fourth-order valence-electron chi connectivity index (χ4n) is 2.42. The van der Waals surface area contributed by atoms with Crippen LogP contribution in [-0.2, 0) is 0 Å². The molecule has 3 heteroatoms. The summed E-state index contributed by atoms with van der Waals surface area (Å²) in [6.07, 6.45) is 3.39. The lowest BCUT2D eigenvalue weighted by Gasteiger charge is -2.15. The molecule has 2 aromatic rings. The minimum absolute atomic E-state index is 0.146. The molecule has 0 bridgehead atoms. The first-order chi connectivity index (χ1) is 8.93. The third-order valence-corrected chi connectivity index (χ3v) is 3.30. The Kier molecular flexibility index (Phi) is 3.65. The van der Waals surface area contributed by atoms with Crippen LogP contribution in [0.2, 0.25) is 0 Å². The van der Waals surface area contributed by atoms with Gasteiger partial charge in [0.2, 0.25) is 0 Å². The SMILES string of the molecule is Cc1cncc(C)c1-c1ccc(F)c(C(C)C)c1F. The molecule has 0 aliphatic carbocycles. The first-order valence-corrected chi connectivity index (χ1v) is 6.33. The van der Waals surface area contributed by atoms with E-state index in [9.17, 15) is 8.78 Å². The van der Waals surface area contributed by atoms with Crippen LogP contribution in [0.3, 0.4) is 0 Å². The summed E-state index contributed by atoms with van der Waals surface area (Å²) in [6.45, 7) is 7.34. The molecule has 0 saturated heterocycles. The van der Waals surface area contributed by atoms with Gasteiger partial charge in [-0.1, -0.05) is 13.8 Å². The van der Waals surface area contributed by atoms with Gasteiger partial charge in [-0.15, -0.1) is 0 Å². The maximum absolute atomic E-state index is 14.6. The second kappa shape index (κ2) is 5.08. The molecule has 0 aliphatic heterocycles. The molecule has 0 aliphatic rings. The molecule has 0 amide bonds. The standard InChI is InChI=1S/C16H17F2N/c1-9(2)14-13(17)6-5-12(16(14)18)15-10(3)7-19-8-11(15)4/h5-9H,1-4H3. The zero-order valence-electron chi connectivity index (χ0n) is 11.6. The molecule has 1 aromatic carbocycles. The van der Waals surface area contributed by atoms with Crippen molar-refractivity contribution in [1.29, 1.82) is 0 Å². The average Bonchev–Trinajstić information content (AvgIpc) is 2.31. The predicted molar refractivity (Wildman–Crippen MR) is 73.2 cm³/mol. The summed E-state index contributed by atoms with van der Waals surface area (Å²) >= 11 is 0. The molecule has 0 radical (unpaired) electrons. The summed E-state index contributed by atoms with van der Waals surface area (Å²) in [5.41, 5.74) is 3.17. The number of pyridine rings is 1. The van der Waals surface area contributed by atoms with Gasteiger partial charge in [0.15, 0.2) is 0 Å². The van der Waals surface area contributed by atoms with Crippen molar-refractivity contribution in [3.8, 4) is 11.1 Å². The van der Waals surface area contributed by atoms with Crippen LogP contribution in [0.5, 0.6) is 0 Å². The zero-order valence-corrected chi connectivity index (χ0v) is 11.6. The van der Waals surface area contributed by atoms with Gasteiger partial charge >= 0.3 is 0 Å². The maximum Gasteiger partial charge on any atom is 0.137 e. The third kappa shape index (κ3) is 2.37. The second-order valence-corrected chi connectivity index (χ2v) is 5.13. The van der Waals surface area contributed by atoms with E-state index < -0.39 is 11.6 Å². The fourth-order valence-corrected chi connectivity index (χ4v) is 2.42. The van der Waals surface area contributed by atoms with Gasteiger partial charge in [-0.3, -0.25) is 4.98 Å². The van der Waals surface area contributed by atoms with Gasteiger partial charge < -0.3 is 0 Å². The summed E-state index contributed by atoms with van der Waals surface area (Å²) in [4.78, 5) is 4.08. The number of nitrogens with zero attached hydrogens (tertiary/aromatic N) is 1. The Bertz CT molecular complexity index is 598. The number of benzene rings is 1. The first kappa shape index (κ1) is 13.7. The summed E-state index contributed by atoms with van der Waals surface area (Å²) in [5, 5.41) is 0. The highest BCUT2D eigenvalue weighted by atomic mass is 19.1. The van der Waals surface area contributed by atoms with Crippen molar-refractivity contribution in [3.63, 3.8) is 0 Å². The Morgan fingerprint density at radius 1 is 1.00 bits per heavy atom. The molecular weight excluding hydrogens is 244 g/mol. The molecule has 0 saturated carbocycles. The van der Waals surface area contributed by atoms with Gasteiger partial charge in [0.05, 0.1) is 0 Å². The topological polar surface area (TPSA) is 12.9 Å². The van der Waals surface area contributed by atoms with Crippen molar-refractivity contribution >= 4 is 0 Å². The van der Waals surface area contributed by atoms with Crippen LogP contribution < -0.4 is 0 Å². The van der Waals surface area contributed by atoms with Gasteiger partial charge in [-0.2, -0.15) is 0 Å². The third-order valence-electron chi connectivity index (χ3n) is 3.30. The minimum Gasteiger partial charge on any atom is -0.264 e. The van der Waals surface area contributed by atoms with E-state index in [1.165, 1.54) is 12.1 Å². The van der Waals surface area contributed by atoms with Crippen LogP contribution in [0, 0.1) is 25.5 Å². The van der Waals surface area contributed by atoms with Gasteiger partial charge in [-0.25, -0.2) is 8.78 Å². The van der Waals surface area contributed by atoms with Crippen LogP contribution in [0.15, 0.2) is 24.5 Å². The van der Waals surface area contributed by atoms with Crippen molar-refractivity contribution in [2.75, 3.05) is 0 Å². The van der Waals surface area contributed by atoms with Gasteiger partial charge in [0.25, 0.3) is 0 Å². The van der Waals surface area contributed by atoms with Crippen molar-refractivity contribution in [3.05, 3.63) is 52.9 Å². The molecule has 1 aromatic heterocycles. The molecular formula is C16H17F2N. The fraction of sp³-hybridized carbons (Fsp3) is 0.312. The van der Waals surface area contributed by atoms with E-state index in [0.29, 0.717) is 5.56 Å². The Hall–Kier alpha value is -1.77. The highest BCUT2D eigenvalue weighted by Crippen LogP contribution is 2.33. The normalized spacial score (nSPS) is 11.1. The van der Waals surface area contributed by atoms with Crippen LogP contribution >= 0.6 is 0 Å². The van der Waals surface area contributed by atoms with Crippen LogP contribution in [-0.4, -0.2) is 4.98 Å². The Morgan fingerprint density at radius 3 is 2.11 bits per heavy atom. The lowest BCUT2D eigenvalue weighted by molar-refractivity contribution is 0.544. The smallest absolute Gasteiger partial charge is 0.137 e. The number of hydrogen-bond donors (Lipinski definition) is 0. The van der Waals surface area contributed by atoms with E-state index in [2.05, 4.69) is 4.98 Å². The first-order valence-electron chi connectivity index (χ1n) is 6.33. The van der Waals surface area contributed by atoms with E-state index in [1.54, 1.807) is 26.2 Å². The lowest BCUT2D eigenvalue weighted by atomic mass is 9.92. The molecule has 100 valence electrons. The number of hydrogen-bond acceptors (Lipinski definition) is 1. The number of aryl methyl sites for hydroxylation is 2.